The van der Waals surface area contributed by atoms with E-state index < -0.39 is 0 Å². The fourth-order valence-corrected chi connectivity index (χ4v) is 7.09. The van der Waals surface area contributed by atoms with Crippen LogP contribution in [0.25, 0.3) is 0 Å². The topological polar surface area (TPSA) is 79.7 Å². The summed E-state index contributed by atoms with van der Waals surface area (Å²) in [5.74, 6) is 0.689. The summed E-state index contributed by atoms with van der Waals surface area (Å²) in [4.78, 5) is 0. The lowest BCUT2D eigenvalue weighted by Crippen LogP contribution is -2.50. The molecule has 0 saturated carbocycles. The second-order valence-corrected chi connectivity index (χ2v) is 15.9. The van der Waals surface area contributed by atoms with Crippen molar-refractivity contribution in [3.8, 4) is 0 Å². The van der Waals surface area contributed by atoms with E-state index in [2.05, 4.69) is 146 Å². The van der Waals surface area contributed by atoms with E-state index in [1.165, 1.54) is 0 Å². The van der Waals surface area contributed by atoms with Crippen molar-refractivity contribution in [2.24, 2.45) is 28.7 Å². The smallest absolute Gasteiger partial charge is 0.0690 e. The molecular weight excluding hydrogens is 884 g/mol. The van der Waals surface area contributed by atoms with Crippen molar-refractivity contribution in [2.75, 3.05) is 39.6 Å². The van der Waals surface area contributed by atoms with Gasteiger partial charge in [-0.15, -0.1) is 0 Å². The Kier molecular flexibility index (Phi) is 18.1. The van der Waals surface area contributed by atoms with Crippen molar-refractivity contribution in [1.29, 1.82) is 0 Å². The fourth-order valence-electron chi connectivity index (χ4n) is 3.79. The van der Waals surface area contributed by atoms with Gasteiger partial charge >= 0.3 is 0 Å². The summed E-state index contributed by atoms with van der Waals surface area (Å²) in [6, 6.07) is 0.161. The molecule has 5 atom stereocenters. The van der Waals surface area contributed by atoms with E-state index in [9.17, 15) is 0 Å². The minimum absolute atomic E-state index is 0.0397. The maximum Gasteiger partial charge on any atom is 0.0690 e. The van der Waals surface area contributed by atoms with Crippen LogP contribution in [0.5, 0.6) is 0 Å². The summed E-state index contributed by atoms with van der Waals surface area (Å²) in [7, 11) is 0. The molecule has 0 aliphatic carbocycles. The maximum absolute atomic E-state index is 6.57. The molecule has 0 aromatic heterocycles. The minimum atomic E-state index is -0.284. The lowest BCUT2D eigenvalue weighted by atomic mass is 9.71. The van der Waals surface area contributed by atoms with Crippen LogP contribution in [0.4, 0.5) is 0 Å². The summed E-state index contributed by atoms with van der Waals surface area (Å²) in [6.45, 7) is 20.4. The third-order valence-electron chi connectivity index (χ3n) is 7.38. The molecule has 0 saturated heterocycles. The van der Waals surface area contributed by atoms with Gasteiger partial charge in [0.2, 0.25) is 0 Å². The lowest BCUT2D eigenvalue weighted by molar-refractivity contribution is -0.139. The molecule has 5 unspecified atom stereocenters. The third-order valence-corrected chi connectivity index (χ3v) is 12.2. The minimum Gasteiger partial charge on any atom is -0.375 e. The van der Waals surface area contributed by atoms with Crippen LogP contribution in [-0.2, 0) is 14.2 Å². The Balaban J connectivity index is 5.14. The van der Waals surface area contributed by atoms with E-state index in [0.717, 1.165) is 26.1 Å². The van der Waals surface area contributed by atoms with E-state index >= 15 is 0 Å². The molecule has 0 radical (unpaired) electrons. The van der Waals surface area contributed by atoms with Gasteiger partial charge in [-0.05, 0) is 60.9 Å². The summed E-state index contributed by atoms with van der Waals surface area (Å²) >= 11 is 9.74. The predicted molar refractivity (Wildman–Crippen MR) is 182 cm³/mol. The summed E-state index contributed by atoms with van der Waals surface area (Å²) < 4.78 is 22.8. The maximum atomic E-state index is 6.57. The van der Waals surface area contributed by atoms with Crippen LogP contribution in [0.2, 0.25) is 0 Å². The van der Waals surface area contributed by atoms with Crippen LogP contribution in [0.15, 0.2) is 0 Å². The molecule has 4 N–H and O–H groups in total. The quantitative estimate of drug-likeness (QED) is 0.110. The van der Waals surface area contributed by atoms with E-state index in [4.69, 9.17) is 25.7 Å². The monoisotopic (exact) mass is 934 g/mol. The first-order chi connectivity index (χ1) is 15.5. The first-order valence-corrected chi connectivity index (χ1v) is 18.0. The number of hydrogen-bond acceptors (Lipinski definition) is 5. The molecular formula is C25H50I4N2O3. The average molecular weight is 934 g/mol. The van der Waals surface area contributed by atoms with E-state index in [1.807, 2.05) is 0 Å². The normalized spacial score (nSPS) is 18.9. The van der Waals surface area contributed by atoms with Crippen LogP contribution >= 0.6 is 90.4 Å². The van der Waals surface area contributed by atoms with Crippen LogP contribution < -0.4 is 11.5 Å². The number of nitrogens with two attached hydrogens (primary N) is 2. The zero-order valence-electron chi connectivity index (χ0n) is 22.6. The van der Waals surface area contributed by atoms with Crippen molar-refractivity contribution >= 4 is 90.4 Å². The van der Waals surface area contributed by atoms with Gasteiger partial charge in [0.25, 0.3) is 0 Å². The first-order valence-electron chi connectivity index (χ1n) is 12.2. The van der Waals surface area contributed by atoms with Gasteiger partial charge in [0.15, 0.2) is 0 Å². The van der Waals surface area contributed by atoms with Crippen molar-refractivity contribution < 1.29 is 14.2 Å². The van der Waals surface area contributed by atoms with Gasteiger partial charge in [0.05, 0.1) is 30.0 Å². The predicted octanol–water partition coefficient (Wildman–Crippen LogP) is 6.81. The molecule has 0 rings (SSSR count). The number of rotatable bonds is 19. The largest absolute Gasteiger partial charge is 0.375 e. The van der Waals surface area contributed by atoms with Crippen LogP contribution in [-0.4, -0.2) is 66.4 Å². The zero-order chi connectivity index (χ0) is 26.8. The van der Waals surface area contributed by atoms with E-state index in [0.29, 0.717) is 42.1 Å². The number of alkyl halides is 4. The van der Waals surface area contributed by atoms with Gasteiger partial charge in [0, 0.05) is 47.1 Å². The van der Waals surface area contributed by atoms with Crippen LogP contribution in [0, 0.1) is 17.3 Å². The molecule has 0 bridgehead atoms. The molecule has 0 heterocycles. The standard InChI is InChI=1S/C25H50I4N2O3/c1-18(29)25(8,24(6,7)34-16-19(12-26)15-30)9-10-32-23(4,5)20(13-27)17-33-22(2,3)11-21(31)14-28/h18-21H,9-17,30-31H2,1-8H3. The number of halogens is 4. The highest BCUT2D eigenvalue weighted by atomic mass is 127. The Bertz CT molecular complexity index is 560. The van der Waals surface area contributed by atoms with E-state index in [1.54, 1.807) is 0 Å². The SMILES string of the molecule is CC(I)C(C)(CCOC(C)(C)C(CI)COC(C)(C)CC(N)CI)C(C)(C)OCC(CN)CI. The highest BCUT2D eigenvalue weighted by Crippen LogP contribution is 2.44. The van der Waals surface area contributed by atoms with Gasteiger partial charge in [-0.1, -0.05) is 104 Å². The number of hydrogen-bond donors (Lipinski definition) is 2. The Morgan fingerprint density at radius 3 is 1.85 bits per heavy atom. The molecule has 0 fully saturated rings. The summed E-state index contributed by atoms with van der Waals surface area (Å²) in [5.41, 5.74) is 11.2. The first kappa shape index (κ1) is 36.7. The van der Waals surface area contributed by atoms with Gasteiger partial charge in [-0.25, -0.2) is 0 Å². The Morgan fingerprint density at radius 1 is 0.824 bits per heavy atom. The Labute approximate surface area is 265 Å². The molecule has 0 aliphatic rings. The van der Waals surface area contributed by atoms with Crippen molar-refractivity contribution in [1.82, 2.24) is 0 Å². The number of ether oxygens (including phenoxy) is 3. The highest BCUT2D eigenvalue weighted by Gasteiger charge is 2.45. The molecule has 0 amide bonds. The van der Waals surface area contributed by atoms with E-state index in [-0.39, 0.29) is 28.3 Å². The Hall–Kier alpha value is 2.72. The molecule has 0 aromatic carbocycles. The molecule has 5 nitrogen and oxygen atoms in total. The van der Waals surface area contributed by atoms with Crippen LogP contribution in [0.1, 0.15) is 68.2 Å². The van der Waals surface area contributed by atoms with Gasteiger partial charge in [-0.3, -0.25) is 0 Å². The molecule has 34 heavy (non-hydrogen) atoms. The average Bonchev–Trinajstić information content (AvgIpc) is 2.73. The van der Waals surface area contributed by atoms with Crippen molar-refractivity contribution in [3.63, 3.8) is 0 Å². The lowest BCUT2D eigenvalue weighted by Gasteiger charge is -2.47. The van der Waals surface area contributed by atoms with Crippen molar-refractivity contribution in [2.45, 2.75) is 95.0 Å². The third kappa shape index (κ3) is 12.3. The molecule has 9 heteroatoms. The van der Waals surface area contributed by atoms with Gasteiger partial charge in [0.1, 0.15) is 0 Å². The molecule has 0 aromatic rings. The van der Waals surface area contributed by atoms with Crippen molar-refractivity contribution in [3.05, 3.63) is 0 Å². The highest BCUT2D eigenvalue weighted by molar-refractivity contribution is 14.1. The second-order valence-electron chi connectivity index (χ2n) is 11.4. The Morgan fingerprint density at radius 2 is 1.41 bits per heavy atom. The fraction of sp³-hybridized carbons (Fsp3) is 1.00. The van der Waals surface area contributed by atoms with Gasteiger partial charge in [-0.2, -0.15) is 0 Å². The summed E-state index contributed by atoms with van der Waals surface area (Å²) in [6.07, 6.45) is 1.78. The second kappa shape index (κ2) is 16.7. The summed E-state index contributed by atoms with van der Waals surface area (Å²) in [5, 5.41) is 0. The molecule has 0 aliphatic heterocycles. The molecule has 0 spiro atoms. The molecule has 206 valence electrons. The van der Waals surface area contributed by atoms with Crippen LogP contribution in [0.3, 0.4) is 0 Å². The van der Waals surface area contributed by atoms with Gasteiger partial charge < -0.3 is 25.7 Å². The zero-order valence-corrected chi connectivity index (χ0v) is 31.2.